The topological polar surface area (TPSA) is 106 Å². The molecule has 0 aliphatic rings. The molecule has 8 nitrogen and oxygen atoms in total. The van der Waals surface area contributed by atoms with Crippen LogP contribution in [-0.2, 0) is 11.2 Å². The van der Waals surface area contributed by atoms with Crippen molar-refractivity contribution in [2.24, 2.45) is 0 Å². The highest BCUT2D eigenvalue weighted by atomic mass is 16.3. The number of nitrogens with one attached hydrogen (secondary N) is 2. The van der Waals surface area contributed by atoms with Gasteiger partial charge in [-0.1, -0.05) is 60.7 Å². The van der Waals surface area contributed by atoms with Crippen LogP contribution in [0.1, 0.15) is 18.4 Å². The monoisotopic (exact) mass is 465 g/mol. The van der Waals surface area contributed by atoms with E-state index < -0.39 is 0 Å². The number of aromatic nitrogens is 4. The van der Waals surface area contributed by atoms with Gasteiger partial charge in [0, 0.05) is 24.1 Å². The Kier molecular flexibility index (Phi) is 6.34. The molecule has 0 saturated carbocycles. The van der Waals surface area contributed by atoms with Crippen molar-refractivity contribution >= 4 is 11.7 Å². The molecule has 8 heteroatoms. The summed E-state index contributed by atoms with van der Waals surface area (Å²) in [6.07, 6.45) is 3.39. The van der Waals surface area contributed by atoms with Gasteiger partial charge in [0.1, 0.15) is 11.5 Å². The molecule has 3 heterocycles. The Hall–Kier alpha value is -4.72. The number of nitrogens with zero attached hydrogens (tertiary/aromatic N) is 3. The van der Waals surface area contributed by atoms with Crippen molar-refractivity contribution in [2.75, 3.05) is 5.32 Å². The molecule has 0 aliphatic heterocycles. The Bertz CT molecular complexity index is 1470. The summed E-state index contributed by atoms with van der Waals surface area (Å²) in [5.74, 6) is 0.947. The maximum Gasteiger partial charge on any atom is 0.252 e. The van der Waals surface area contributed by atoms with E-state index in [9.17, 15) is 9.59 Å². The van der Waals surface area contributed by atoms with Crippen LogP contribution in [0.2, 0.25) is 0 Å². The number of rotatable bonds is 8. The molecule has 2 N–H and O–H groups in total. The Morgan fingerprint density at radius 2 is 1.71 bits per heavy atom. The van der Waals surface area contributed by atoms with Crippen molar-refractivity contribution in [1.29, 1.82) is 0 Å². The minimum absolute atomic E-state index is 0.158. The molecule has 0 unspecified atom stereocenters. The predicted octanol–water partition coefficient (Wildman–Crippen LogP) is 4.84. The molecular formula is C27H23N5O3. The molecule has 0 bridgehead atoms. The number of hydrogen-bond donors (Lipinski definition) is 2. The summed E-state index contributed by atoms with van der Waals surface area (Å²) >= 11 is 0. The number of aromatic amines is 1. The lowest BCUT2D eigenvalue weighted by Crippen LogP contribution is -2.18. The fraction of sp³-hybridized carbons (Fsp3) is 0.111. The molecule has 5 aromatic rings. The minimum Gasteiger partial charge on any atom is -0.463 e. The van der Waals surface area contributed by atoms with Crippen LogP contribution in [0.25, 0.3) is 28.7 Å². The Morgan fingerprint density at radius 3 is 2.46 bits per heavy atom. The number of carbonyl (C=O) groups excluding carboxylic acids is 1. The van der Waals surface area contributed by atoms with Gasteiger partial charge in [0.15, 0.2) is 5.76 Å². The van der Waals surface area contributed by atoms with E-state index in [1.54, 1.807) is 24.5 Å². The van der Waals surface area contributed by atoms with E-state index in [2.05, 4.69) is 20.4 Å². The van der Waals surface area contributed by atoms with Crippen molar-refractivity contribution in [3.8, 4) is 28.7 Å². The quantitative estimate of drug-likeness (QED) is 0.341. The molecule has 0 spiro atoms. The van der Waals surface area contributed by atoms with Crippen molar-refractivity contribution < 1.29 is 9.21 Å². The molecule has 0 aliphatic carbocycles. The molecule has 0 fully saturated rings. The van der Waals surface area contributed by atoms with Crippen molar-refractivity contribution in [1.82, 2.24) is 19.7 Å². The normalized spacial score (nSPS) is 10.9. The zero-order chi connectivity index (χ0) is 24.0. The molecular weight excluding hydrogens is 442 g/mol. The zero-order valence-electron chi connectivity index (χ0n) is 18.8. The molecule has 1 amide bonds. The van der Waals surface area contributed by atoms with E-state index in [0.717, 1.165) is 12.0 Å². The molecule has 174 valence electrons. The van der Waals surface area contributed by atoms with Gasteiger partial charge in [-0.05, 0) is 30.5 Å². The minimum atomic E-state index is -0.330. The van der Waals surface area contributed by atoms with Gasteiger partial charge in [-0.2, -0.15) is 9.78 Å². The first-order chi connectivity index (χ1) is 17.2. The summed E-state index contributed by atoms with van der Waals surface area (Å²) in [5.41, 5.74) is 2.65. The maximum atomic E-state index is 12.8. The molecule has 0 atom stereocenters. The summed E-state index contributed by atoms with van der Waals surface area (Å²) in [5, 5.41) is 7.47. The molecule has 2 aromatic carbocycles. The number of benzene rings is 2. The third-order valence-corrected chi connectivity index (χ3v) is 5.46. The largest absolute Gasteiger partial charge is 0.463 e. The standard InChI is InChI=1S/C27H23N5O3/c33-25(15-7-11-19-9-3-1-4-10-19)29-24-17-22(23-14-8-16-35-23)31-32(24)27-28-21(18-26(34)30-27)20-12-5-2-6-13-20/h1-6,8-10,12-14,16-18H,7,11,15H2,(H,29,33)(H,28,30,34). The molecule has 0 radical (unpaired) electrons. The molecule has 5 rings (SSSR count). The van der Waals surface area contributed by atoms with Crippen LogP contribution >= 0.6 is 0 Å². The maximum absolute atomic E-state index is 12.8. The lowest BCUT2D eigenvalue weighted by Gasteiger charge is -2.09. The van der Waals surface area contributed by atoms with Crippen LogP contribution in [0.5, 0.6) is 0 Å². The fourth-order valence-corrected chi connectivity index (χ4v) is 3.78. The SMILES string of the molecule is O=C(CCCc1ccccc1)Nc1cc(-c2ccco2)nn1-c1nc(-c2ccccc2)cc(=O)[nH]1. The van der Waals surface area contributed by atoms with Crippen molar-refractivity contribution in [2.45, 2.75) is 19.3 Å². The number of anilines is 1. The lowest BCUT2D eigenvalue weighted by molar-refractivity contribution is -0.116. The Morgan fingerprint density at radius 1 is 0.943 bits per heavy atom. The van der Waals surface area contributed by atoms with Crippen LogP contribution < -0.4 is 10.9 Å². The first-order valence-corrected chi connectivity index (χ1v) is 11.3. The predicted molar refractivity (Wildman–Crippen MR) is 133 cm³/mol. The average Bonchev–Trinajstić information content (AvgIpc) is 3.55. The fourth-order valence-electron chi connectivity index (χ4n) is 3.78. The summed E-state index contributed by atoms with van der Waals surface area (Å²) in [6, 6.07) is 26.1. The van der Waals surface area contributed by atoms with Gasteiger partial charge in [0.25, 0.3) is 5.56 Å². The van der Waals surface area contributed by atoms with E-state index >= 15 is 0 Å². The molecule has 0 saturated heterocycles. The second-order valence-corrected chi connectivity index (χ2v) is 8.01. The van der Waals surface area contributed by atoms with Gasteiger partial charge >= 0.3 is 0 Å². The Labute approximate surface area is 201 Å². The van der Waals surface area contributed by atoms with E-state index in [1.165, 1.54) is 16.3 Å². The average molecular weight is 466 g/mol. The smallest absolute Gasteiger partial charge is 0.252 e. The van der Waals surface area contributed by atoms with Gasteiger partial charge in [-0.3, -0.25) is 14.6 Å². The highest BCUT2D eigenvalue weighted by molar-refractivity contribution is 5.90. The highest BCUT2D eigenvalue weighted by Crippen LogP contribution is 2.25. The summed E-state index contributed by atoms with van der Waals surface area (Å²) < 4.78 is 6.90. The van der Waals surface area contributed by atoms with Crippen LogP contribution in [0.3, 0.4) is 0 Å². The molecule has 3 aromatic heterocycles. The first kappa shape index (κ1) is 22.1. The second kappa shape index (κ2) is 10.0. The van der Waals surface area contributed by atoms with Gasteiger partial charge in [-0.15, -0.1) is 0 Å². The van der Waals surface area contributed by atoms with E-state index in [1.807, 2.05) is 60.7 Å². The summed E-state index contributed by atoms with van der Waals surface area (Å²) in [4.78, 5) is 32.6. The van der Waals surface area contributed by atoms with Crippen molar-refractivity contribution in [3.05, 3.63) is 107 Å². The van der Waals surface area contributed by atoms with Gasteiger partial charge in [-0.25, -0.2) is 4.98 Å². The molecule has 35 heavy (non-hydrogen) atoms. The van der Waals surface area contributed by atoms with Crippen LogP contribution in [0.4, 0.5) is 5.82 Å². The van der Waals surface area contributed by atoms with Gasteiger partial charge in [0.2, 0.25) is 11.9 Å². The van der Waals surface area contributed by atoms with E-state index in [-0.39, 0.29) is 17.4 Å². The van der Waals surface area contributed by atoms with Gasteiger partial charge in [0.05, 0.1) is 12.0 Å². The second-order valence-electron chi connectivity index (χ2n) is 8.01. The van der Waals surface area contributed by atoms with Gasteiger partial charge < -0.3 is 9.73 Å². The highest BCUT2D eigenvalue weighted by Gasteiger charge is 2.17. The van der Waals surface area contributed by atoms with E-state index in [0.29, 0.717) is 35.8 Å². The summed E-state index contributed by atoms with van der Waals surface area (Å²) in [7, 11) is 0. The third kappa shape index (κ3) is 5.27. The number of hydrogen-bond acceptors (Lipinski definition) is 5. The lowest BCUT2D eigenvalue weighted by atomic mass is 10.1. The number of furan rings is 1. The number of carbonyl (C=O) groups is 1. The Balaban J connectivity index is 1.43. The number of H-pyrrole nitrogens is 1. The van der Waals surface area contributed by atoms with Crippen LogP contribution in [0, 0.1) is 0 Å². The van der Waals surface area contributed by atoms with Crippen LogP contribution in [-0.4, -0.2) is 25.7 Å². The third-order valence-electron chi connectivity index (χ3n) is 5.46. The number of aryl methyl sites for hydroxylation is 1. The van der Waals surface area contributed by atoms with E-state index in [4.69, 9.17) is 4.42 Å². The van der Waals surface area contributed by atoms with Crippen LogP contribution in [0.15, 0.2) is 100 Å². The summed E-state index contributed by atoms with van der Waals surface area (Å²) in [6.45, 7) is 0. The first-order valence-electron chi connectivity index (χ1n) is 11.3. The zero-order valence-corrected chi connectivity index (χ0v) is 18.8. The number of amides is 1. The van der Waals surface area contributed by atoms with Crippen molar-refractivity contribution in [3.63, 3.8) is 0 Å².